The first-order valence-electron chi connectivity index (χ1n) is 6.42. The molecule has 104 valence electrons. The number of anilines is 2. The molecule has 1 unspecified atom stereocenters. The van der Waals surface area contributed by atoms with Crippen molar-refractivity contribution in [2.75, 3.05) is 17.7 Å². The topological polar surface area (TPSA) is 78.8 Å². The minimum atomic E-state index is -0.157. The molecule has 5 nitrogen and oxygen atoms in total. The number of aromatic nitrogens is 2. The number of hydrogen-bond donors (Lipinski definition) is 1. The molecule has 0 aliphatic carbocycles. The second-order valence-corrected chi connectivity index (χ2v) is 5.95. The summed E-state index contributed by atoms with van der Waals surface area (Å²) in [6.07, 6.45) is 0.449. The van der Waals surface area contributed by atoms with Gasteiger partial charge in [-0.2, -0.15) is 5.26 Å². The van der Waals surface area contributed by atoms with Gasteiger partial charge in [-0.15, -0.1) is 0 Å². The summed E-state index contributed by atoms with van der Waals surface area (Å²) >= 11 is 0. The Hall–Kier alpha value is -1.83. The van der Waals surface area contributed by atoms with Crippen molar-refractivity contribution in [1.29, 1.82) is 5.26 Å². The molecule has 1 atom stereocenters. The Bertz CT molecular complexity index is 496. The molecule has 0 fully saturated rings. The van der Waals surface area contributed by atoms with Gasteiger partial charge in [0.25, 0.3) is 0 Å². The Balaban J connectivity index is 3.27. The lowest BCUT2D eigenvalue weighted by atomic mass is 9.95. The van der Waals surface area contributed by atoms with Crippen molar-refractivity contribution in [3.8, 4) is 6.07 Å². The number of hydrogen-bond acceptors (Lipinski definition) is 5. The summed E-state index contributed by atoms with van der Waals surface area (Å²) in [7, 11) is 1.93. The second kappa shape index (κ2) is 5.43. The van der Waals surface area contributed by atoms with Crippen LogP contribution in [0, 0.1) is 18.3 Å². The van der Waals surface area contributed by atoms with Gasteiger partial charge in [0, 0.05) is 24.1 Å². The van der Waals surface area contributed by atoms with Crippen LogP contribution in [-0.2, 0) is 5.41 Å². The molecule has 0 saturated carbocycles. The fraction of sp³-hybridized carbons (Fsp3) is 0.643. The third kappa shape index (κ3) is 3.34. The zero-order valence-electron chi connectivity index (χ0n) is 12.7. The van der Waals surface area contributed by atoms with E-state index >= 15 is 0 Å². The van der Waals surface area contributed by atoms with E-state index in [1.807, 2.05) is 25.8 Å². The molecule has 0 aliphatic heterocycles. The molecule has 0 aromatic carbocycles. The summed E-state index contributed by atoms with van der Waals surface area (Å²) in [4.78, 5) is 11.0. The molecular weight excluding hydrogens is 238 g/mol. The van der Waals surface area contributed by atoms with E-state index in [-0.39, 0.29) is 11.5 Å². The molecule has 2 N–H and O–H groups in total. The third-order valence-electron chi connectivity index (χ3n) is 3.21. The van der Waals surface area contributed by atoms with Gasteiger partial charge >= 0.3 is 0 Å². The van der Waals surface area contributed by atoms with Crippen molar-refractivity contribution in [2.45, 2.75) is 52.5 Å². The van der Waals surface area contributed by atoms with Crippen LogP contribution in [0.1, 0.15) is 45.5 Å². The molecule has 1 aromatic heterocycles. The standard InChI is InChI=1S/C14H23N5/c1-9(7-8-15)19(6)12-10(2)11(16)17-13(18-12)14(3,4)5/h9H,7H2,1-6H3,(H2,16,17,18). The fourth-order valence-electron chi connectivity index (χ4n) is 1.68. The van der Waals surface area contributed by atoms with Crippen molar-refractivity contribution >= 4 is 11.6 Å². The highest BCUT2D eigenvalue weighted by molar-refractivity contribution is 5.57. The Morgan fingerprint density at radius 3 is 2.42 bits per heavy atom. The van der Waals surface area contributed by atoms with Gasteiger partial charge in [-0.05, 0) is 13.8 Å². The van der Waals surface area contributed by atoms with Gasteiger partial charge < -0.3 is 10.6 Å². The van der Waals surface area contributed by atoms with E-state index in [0.29, 0.717) is 12.2 Å². The van der Waals surface area contributed by atoms with E-state index < -0.39 is 0 Å². The number of nitriles is 1. The van der Waals surface area contributed by atoms with Crippen LogP contribution < -0.4 is 10.6 Å². The molecule has 1 aromatic rings. The molecule has 1 rings (SSSR count). The zero-order valence-corrected chi connectivity index (χ0v) is 12.7. The molecular formula is C14H23N5. The van der Waals surface area contributed by atoms with Gasteiger partial charge in [0.2, 0.25) is 0 Å². The predicted octanol–water partition coefficient (Wildman–Crippen LogP) is 2.40. The Kier molecular flexibility index (Phi) is 4.35. The van der Waals surface area contributed by atoms with Gasteiger partial charge in [0.05, 0.1) is 12.5 Å². The SMILES string of the molecule is Cc1c(N)nc(C(C)(C)C)nc1N(C)C(C)CC#N. The smallest absolute Gasteiger partial charge is 0.138 e. The normalized spacial score (nSPS) is 12.9. The van der Waals surface area contributed by atoms with Crippen LogP contribution >= 0.6 is 0 Å². The molecule has 0 radical (unpaired) electrons. The van der Waals surface area contributed by atoms with Crippen molar-refractivity contribution < 1.29 is 0 Å². The summed E-state index contributed by atoms with van der Waals surface area (Å²) < 4.78 is 0. The molecule has 0 saturated heterocycles. The van der Waals surface area contributed by atoms with Crippen LogP contribution in [0.4, 0.5) is 11.6 Å². The quantitative estimate of drug-likeness (QED) is 0.903. The average Bonchev–Trinajstić information content (AvgIpc) is 2.30. The monoisotopic (exact) mass is 261 g/mol. The van der Waals surface area contributed by atoms with E-state index in [4.69, 9.17) is 11.0 Å². The minimum Gasteiger partial charge on any atom is -0.383 e. The molecule has 0 aliphatic rings. The van der Waals surface area contributed by atoms with Gasteiger partial charge in [-0.3, -0.25) is 0 Å². The van der Waals surface area contributed by atoms with Crippen LogP contribution in [0.2, 0.25) is 0 Å². The van der Waals surface area contributed by atoms with Crippen LogP contribution in [0.25, 0.3) is 0 Å². The highest BCUT2D eigenvalue weighted by atomic mass is 15.2. The zero-order chi connectivity index (χ0) is 14.8. The van der Waals surface area contributed by atoms with Crippen molar-refractivity contribution in [3.05, 3.63) is 11.4 Å². The Morgan fingerprint density at radius 1 is 1.37 bits per heavy atom. The average molecular weight is 261 g/mol. The predicted molar refractivity (Wildman–Crippen MR) is 78.0 cm³/mol. The van der Waals surface area contributed by atoms with Crippen LogP contribution in [0.15, 0.2) is 0 Å². The van der Waals surface area contributed by atoms with Gasteiger partial charge in [0.15, 0.2) is 0 Å². The summed E-state index contributed by atoms with van der Waals surface area (Å²) in [6, 6.07) is 2.27. The highest BCUT2D eigenvalue weighted by Gasteiger charge is 2.23. The maximum absolute atomic E-state index is 8.81. The summed E-state index contributed by atoms with van der Waals surface area (Å²) in [5.41, 5.74) is 6.69. The number of rotatable bonds is 3. The fourth-order valence-corrected chi connectivity index (χ4v) is 1.68. The number of nitrogens with zero attached hydrogens (tertiary/aromatic N) is 4. The molecule has 5 heteroatoms. The van der Waals surface area contributed by atoms with Gasteiger partial charge in [0.1, 0.15) is 17.5 Å². The third-order valence-corrected chi connectivity index (χ3v) is 3.21. The maximum Gasteiger partial charge on any atom is 0.138 e. The van der Waals surface area contributed by atoms with Crippen LogP contribution in [0.5, 0.6) is 0 Å². The van der Waals surface area contributed by atoms with E-state index in [1.165, 1.54) is 0 Å². The maximum atomic E-state index is 8.81. The first-order chi connectivity index (χ1) is 8.68. The lowest BCUT2D eigenvalue weighted by molar-refractivity contribution is 0.543. The summed E-state index contributed by atoms with van der Waals surface area (Å²) in [5.74, 6) is 2.03. The van der Waals surface area contributed by atoms with Gasteiger partial charge in [-0.1, -0.05) is 20.8 Å². The van der Waals surface area contributed by atoms with Crippen molar-refractivity contribution in [3.63, 3.8) is 0 Å². The van der Waals surface area contributed by atoms with E-state index in [9.17, 15) is 0 Å². The largest absolute Gasteiger partial charge is 0.383 e. The lowest BCUT2D eigenvalue weighted by Gasteiger charge is -2.28. The Labute approximate surface area is 115 Å². The molecule has 0 amide bonds. The molecule has 0 bridgehead atoms. The molecule has 0 spiro atoms. The molecule has 19 heavy (non-hydrogen) atoms. The Morgan fingerprint density at radius 2 is 1.95 bits per heavy atom. The van der Waals surface area contributed by atoms with Crippen LogP contribution in [-0.4, -0.2) is 23.1 Å². The lowest BCUT2D eigenvalue weighted by Crippen LogP contribution is -2.31. The van der Waals surface area contributed by atoms with E-state index in [2.05, 4.69) is 36.8 Å². The summed E-state index contributed by atoms with van der Waals surface area (Å²) in [5, 5.41) is 8.81. The van der Waals surface area contributed by atoms with Crippen LogP contribution in [0.3, 0.4) is 0 Å². The summed E-state index contributed by atoms with van der Waals surface area (Å²) in [6.45, 7) is 10.1. The highest BCUT2D eigenvalue weighted by Crippen LogP contribution is 2.27. The van der Waals surface area contributed by atoms with Gasteiger partial charge in [-0.25, -0.2) is 9.97 Å². The van der Waals surface area contributed by atoms with E-state index in [0.717, 1.165) is 17.2 Å². The first kappa shape index (κ1) is 15.2. The number of nitrogen functional groups attached to an aromatic ring is 1. The van der Waals surface area contributed by atoms with E-state index in [1.54, 1.807) is 0 Å². The molecule has 1 heterocycles. The number of nitrogens with two attached hydrogens (primary N) is 1. The minimum absolute atomic E-state index is 0.0887. The van der Waals surface area contributed by atoms with Crippen molar-refractivity contribution in [2.24, 2.45) is 0 Å². The second-order valence-electron chi connectivity index (χ2n) is 5.95. The first-order valence-corrected chi connectivity index (χ1v) is 6.42. The van der Waals surface area contributed by atoms with Crippen molar-refractivity contribution in [1.82, 2.24) is 9.97 Å².